The molecule has 0 aromatic heterocycles. The summed E-state index contributed by atoms with van der Waals surface area (Å²) in [5.41, 5.74) is 2.32. The highest BCUT2D eigenvalue weighted by atomic mass is 35.5. The van der Waals surface area contributed by atoms with Crippen LogP contribution in [0.4, 0.5) is 0 Å². The van der Waals surface area contributed by atoms with E-state index >= 15 is 0 Å². The molecule has 2 nitrogen and oxygen atoms in total. The van der Waals surface area contributed by atoms with Crippen LogP contribution in [0.2, 0.25) is 5.02 Å². The summed E-state index contributed by atoms with van der Waals surface area (Å²) < 4.78 is 5.19. The van der Waals surface area contributed by atoms with Crippen LogP contribution in [-0.4, -0.2) is 20.7 Å². The first-order valence-corrected chi connectivity index (χ1v) is 5.04. The maximum absolute atomic E-state index is 6.06. The third-order valence-corrected chi connectivity index (χ3v) is 2.65. The van der Waals surface area contributed by atoms with Crippen LogP contribution in [0, 0.1) is 6.92 Å². The number of likely N-dealkylation sites (N-methyl/N-ethyl adjacent to an activating group) is 1. The number of methoxy groups -OCH3 is 1. The lowest BCUT2D eigenvalue weighted by Crippen LogP contribution is -2.10. The van der Waals surface area contributed by atoms with Gasteiger partial charge in [-0.3, -0.25) is 0 Å². The van der Waals surface area contributed by atoms with Gasteiger partial charge in [-0.25, -0.2) is 0 Å². The van der Waals surface area contributed by atoms with Gasteiger partial charge in [0.2, 0.25) is 0 Å². The fourth-order valence-corrected chi connectivity index (χ4v) is 1.56. The molecule has 3 heteroatoms. The Morgan fingerprint density at radius 1 is 1.43 bits per heavy atom. The van der Waals surface area contributed by atoms with E-state index in [0.717, 1.165) is 24.3 Å². The van der Waals surface area contributed by atoms with Crippen LogP contribution in [0.25, 0.3) is 0 Å². The van der Waals surface area contributed by atoms with E-state index in [1.54, 1.807) is 7.11 Å². The number of aryl methyl sites for hydroxylation is 1. The van der Waals surface area contributed by atoms with Gasteiger partial charge < -0.3 is 10.1 Å². The summed E-state index contributed by atoms with van der Waals surface area (Å²) in [4.78, 5) is 0. The molecule has 14 heavy (non-hydrogen) atoms. The number of ether oxygens (including phenoxy) is 1. The van der Waals surface area contributed by atoms with Crippen LogP contribution >= 0.6 is 11.6 Å². The third kappa shape index (κ3) is 2.63. The first-order chi connectivity index (χ1) is 6.69. The lowest BCUT2D eigenvalue weighted by molar-refractivity contribution is 0.414. The van der Waals surface area contributed by atoms with E-state index in [4.69, 9.17) is 16.3 Å². The fraction of sp³-hybridized carbons (Fsp3) is 0.455. The summed E-state index contributed by atoms with van der Waals surface area (Å²) in [7, 11) is 3.59. The largest absolute Gasteiger partial charge is 0.495 e. The third-order valence-electron chi connectivity index (χ3n) is 2.16. The van der Waals surface area contributed by atoms with E-state index in [1.807, 2.05) is 20.0 Å². The van der Waals surface area contributed by atoms with E-state index in [-0.39, 0.29) is 0 Å². The molecule has 0 amide bonds. The minimum atomic E-state index is 0.709. The molecule has 1 aromatic carbocycles. The van der Waals surface area contributed by atoms with E-state index in [1.165, 1.54) is 5.56 Å². The van der Waals surface area contributed by atoms with Crippen LogP contribution in [0.5, 0.6) is 5.75 Å². The van der Waals surface area contributed by atoms with Crippen LogP contribution < -0.4 is 10.1 Å². The molecule has 0 aliphatic carbocycles. The summed E-state index contributed by atoms with van der Waals surface area (Å²) >= 11 is 6.06. The normalized spacial score (nSPS) is 10.3. The number of benzene rings is 1. The average molecular weight is 214 g/mol. The highest BCUT2D eigenvalue weighted by Gasteiger charge is 2.05. The topological polar surface area (TPSA) is 21.3 Å². The highest BCUT2D eigenvalue weighted by Crippen LogP contribution is 2.29. The molecule has 1 rings (SSSR count). The van der Waals surface area contributed by atoms with Crippen molar-refractivity contribution in [1.29, 1.82) is 0 Å². The molecule has 1 N–H and O–H groups in total. The van der Waals surface area contributed by atoms with Crippen molar-refractivity contribution < 1.29 is 4.74 Å². The van der Waals surface area contributed by atoms with Crippen LogP contribution in [-0.2, 0) is 6.42 Å². The van der Waals surface area contributed by atoms with Crippen LogP contribution in [0.1, 0.15) is 11.1 Å². The summed E-state index contributed by atoms with van der Waals surface area (Å²) in [6.45, 7) is 2.96. The first-order valence-electron chi connectivity index (χ1n) is 4.66. The summed E-state index contributed by atoms with van der Waals surface area (Å²) in [6, 6.07) is 4.09. The predicted octanol–water partition coefficient (Wildman–Crippen LogP) is 2.42. The molecule has 0 unspecified atom stereocenters. The molecule has 0 aliphatic heterocycles. The Bertz CT molecular complexity index is 312. The van der Waals surface area contributed by atoms with Gasteiger partial charge in [-0.05, 0) is 44.1 Å². The van der Waals surface area contributed by atoms with Crippen molar-refractivity contribution in [2.24, 2.45) is 0 Å². The monoisotopic (exact) mass is 213 g/mol. The Morgan fingerprint density at radius 3 is 2.71 bits per heavy atom. The second-order valence-electron chi connectivity index (χ2n) is 3.28. The highest BCUT2D eigenvalue weighted by molar-refractivity contribution is 6.32. The zero-order valence-electron chi connectivity index (χ0n) is 8.86. The van der Waals surface area contributed by atoms with Crippen molar-refractivity contribution in [2.75, 3.05) is 20.7 Å². The van der Waals surface area contributed by atoms with Crippen molar-refractivity contribution in [3.63, 3.8) is 0 Å². The summed E-state index contributed by atoms with van der Waals surface area (Å²) in [5.74, 6) is 0.762. The van der Waals surface area contributed by atoms with Crippen molar-refractivity contribution in [2.45, 2.75) is 13.3 Å². The van der Waals surface area contributed by atoms with Gasteiger partial charge in [0.1, 0.15) is 5.75 Å². The van der Waals surface area contributed by atoms with Gasteiger partial charge >= 0.3 is 0 Å². The Labute approximate surface area is 90.2 Å². The Kier molecular flexibility index (Phi) is 4.23. The molecule has 0 saturated heterocycles. The van der Waals surface area contributed by atoms with Gasteiger partial charge in [0, 0.05) is 0 Å². The standard InChI is InChI=1S/C11H16ClNO/c1-8-6-9(4-5-13-2)7-10(14-3)11(8)12/h6-7,13H,4-5H2,1-3H3. The van der Waals surface area contributed by atoms with E-state index in [2.05, 4.69) is 11.4 Å². The minimum absolute atomic E-state index is 0.709. The molecular weight excluding hydrogens is 198 g/mol. The number of halogens is 1. The van der Waals surface area contributed by atoms with Crippen molar-refractivity contribution in [1.82, 2.24) is 5.32 Å². The smallest absolute Gasteiger partial charge is 0.137 e. The van der Waals surface area contributed by atoms with Crippen molar-refractivity contribution >= 4 is 11.6 Å². The zero-order chi connectivity index (χ0) is 10.6. The summed E-state index contributed by atoms with van der Waals surface area (Å²) in [5, 5.41) is 3.82. The fourth-order valence-electron chi connectivity index (χ4n) is 1.37. The van der Waals surface area contributed by atoms with E-state index in [0.29, 0.717) is 5.02 Å². The molecule has 78 valence electrons. The molecule has 0 radical (unpaired) electrons. The summed E-state index contributed by atoms with van der Waals surface area (Å²) in [6.07, 6.45) is 0.991. The van der Waals surface area contributed by atoms with Crippen molar-refractivity contribution in [3.05, 3.63) is 28.3 Å². The maximum Gasteiger partial charge on any atom is 0.137 e. The van der Waals surface area contributed by atoms with Gasteiger partial charge in [0.25, 0.3) is 0 Å². The van der Waals surface area contributed by atoms with Crippen LogP contribution in [0.3, 0.4) is 0 Å². The Hall–Kier alpha value is -0.730. The number of hydrogen-bond acceptors (Lipinski definition) is 2. The van der Waals surface area contributed by atoms with Gasteiger partial charge in [0.15, 0.2) is 0 Å². The molecule has 0 aliphatic rings. The Balaban J connectivity index is 2.91. The van der Waals surface area contributed by atoms with E-state index < -0.39 is 0 Å². The predicted molar refractivity (Wildman–Crippen MR) is 60.4 cm³/mol. The SMILES string of the molecule is CNCCc1cc(C)c(Cl)c(OC)c1. The number of rotatable bonds is 4. The maximum atomic E-state index is 6.06. The lowest BCUT2D eigenvalue weighted by atomic mass is 10.1. The molecule has 0 spiro atoms. The second-order valence-corrected chi connectivity index (χ2v) is 3.66. The van der Waals surface area contributed by atoms with E-state index in [9.17, 15) is 0 Å². The molecule has 0 saturated carbocycles. The van der Waals surface area contributed by atoms with Crippen LogP contribution in [0.15, 0.2) is 12.1 Å². The second kappa shape index (κ2) is 5.23. The molecule has 0 fully saturated rings. The number of nitrogens with one attached hydrogen (secondary N) is 1. The van der Waals surface area contributed by atoms with Gasteiger partial charge in [0.05, 0.1) is 12.1 Å². The molecular formula is C11H16ClNO. The average Bonchev–Trinajstić information content (AvgIpc) is 2.19. The van der Waals surface area contributed by atoms with Gasteiger partial charge in [-0.1, -0.05) is 17.7 Å². The molecule has 1 aromatic rings. The zero-order valence-corrected chi connectivity index (χ0v) is 9.61. The minimum Gasteiger partial charge on any atom is -0.495 e. The Morgan fingerprint density at radius 2 is 2.14 bits per heavy atom. The van der Waals surface area contributed by atoms with Gasteiger partial charge in [-0.2, -0.15) is 0 Å². The molecule has 0 bridgehead atoms. The molecule has 0 heterocycles. The van der Waals surface area contributed by atoms with Crippen molar-refractivity contribution in [3.8, 4) is 5.75 Å². The quantitative estimate of drug-likeness (QED) is 0.830. The first kappa shape index (κ1) is 11.3. The molecule has 0 atom stereocenters. The lowest BCUT2D eigenvalue weighted by Gasteiger charge is -2.09. The van der Waals surface area contributed by atoms with Gasteiger partial charge in [-0.15, -0.1) is 0 Å². The number of hydrogen-bond donors (Lipinski definition) is 1.